The SMILES string of the molecule is C[C@@H](O)C[Si](C)(C)C. The molecule has 0 aromatic heterocycles. The van der Waals surface area contributed by atoms with E-state index in [9.17, 15) is 0 Å². The predicted molar refractivity (Wildman–Crippen MR) is 39.8 cm³/mol. The molecule has 0 rings (SSSR count). The molecule has 1 nitrogen and oxygen atoms in total. The van der Waals surface area contributed by atoms with Gasteiger partial charge in [0.25, 0.3) is 0 Å². The number of aliphatic hydroxyl groups is 1. The molecule has 0 saturated heterocycles. The van der Waals surface area contributed by atoms with Crippen molar-refractivity contribution in [2.45, 2.75) is 38.7 Å². The second-order valence-corrected chi connectivity index (χ2v) is 9.14. The van der Waals surface area contributed by atoms with Crippen molar-refractivity contribution in [2.75, 3.05) is 0 Å². The van der Waals surface area contributed by atoms with E-state index in [-0.39, 0.29) is 6.10 Å². The first-order chi connectivity index (χ1) is 3.42. The molecule has 1 N–H and O–H groups in total. The van der Waals surface area contributed by atoms with E-state index < -0.39 is 8.07 Å². The zero-order valence-electron chi connectivity index (χ0n) is 6.23. The fraction of sp³-hybridized carbons (Fsp3) is 1.00. The van der Waals surface area contributed by atoms with Gasteiger partial charge in [-0.15, -0.1) is 0 Å². The van der Waals surface area contributed by atoms with Gasteiger partial charge in [-0.05, 0) is 13.0 Å². The molecule has 0 aliphatic heterocycles. The summed E-state index contributed by atoms with van der Waals surface area (Å²) < 4.78 is 0. The van der Waals surface area contributed by atoms with Crippen LogP contribution in [0.2, 0.25) is 25.7 Å². The van der Waals surface area contributed by atoms with Crippen LogP contribution in [0.1, 0.15) is 6.92 Å². The highest BCUT2D eigenvalue weighted by atomic mass is 28.3. The van der Waals surface area contributed by atoms with Gasteiger partial charge in [-0.3, -0.25) is 0 Å². The fourth-order valence-corrected chi connectivity index (χ4v) is 2.66. The molecule has 1 atom stereocenters. The Morgan fingerprint density at radius 2 is 1.75 bits per heavy atom. The lowest BCUT2D eigenvalue weighted by atomic mass is 10.5. The van der Waals surface area contributed by atoms with Crippen molar-refractivity contribution in [1.29, 1.82) is 0 Å². The Hall–Kier alpha value is 0.177. The minimum absolute atomic E-state index is 0.0957. The minimum Gasteiger partial charge on any atom is -0.394 e. The van der Waals surface area contributed by atoms with Crippen LogP contribution in [-0.2, 0) is 0 Å². The molecule has 0 spiro atoms. The van der Waals surface area contributed by atoms with Gasteiger partial charge in [-0.1, -0.05) is 19.6 Å². The van der Waals surface area contributed by atoms with Gasteiger partial charge in [0.05, 0.1) is 0 Å². The minimum atomic E-state index is -0.970. The maximum Gasteiger partial charge on any atom is 0.0488 e. The third-order valence-corrected chi connectivity index (χ3v) is 2.72. The largest absolute Gasteiger partial charge is 0.394 e. The summed E-state index contributed by atoms with van der Waals surface area (Å²) in [5.74, 6) is 0. The lowest BCUT2D eigenvalue weighted by Crippen LogP contribution is -2.24. The molecule has 0 aromatic rings. The normalized spacial score (nSPS) is 16.1. The van der Waals surface area contributed by atoms with E-state index in [2.05, 4.69) is 19.6 Å². The van der Waals surface area contributed by atoms with Crippen molar-refractivity contribution < 1.29 is 5.11 Å². The molecule has 0 bridgehead atoms. The summed E-state index contributed by atoms with van der Waals surface area (Å²) in [6, 6.07) is 1.02. The van der Waals surface area contributed by atoms with Gasteiger partial charge >= 0.3 is 0 Å². The quantitative estimate of drug-likeness (QED) is 0.567. The van der Waals surface area contributed by atoms with E-state index in [0.29, 0.717) is 0 Å². The van der Waals surface area contributed by atoms with Crippen LogP contribution >= 0.6 is 0 Å². The lowest BCUT2D eigenvalue weighted by Gasteiger charge is -2.16. The number of rotatable bonds is 2. The number of hydrogen-bond acceptors (Lipinski definition) is 1. The first-order valence-electron chi connectivity index (χ1n) is 3.10. The third-order valence-electron chi connectivity index (χ3n) is 0.908. The van der Waals surface area contributed by atoms with Gasteiger partial charge in [0, 0.05) is 14.2 Å². The summed E-state index contributed by atoms with van der Waals surface area (Å²) in [6.45, 7) is 8.65. The van der Waals surface area contributed by atoms with E-state index in [1.54, 1.807) is 0 Å². The highest BCUT2D eigenvalue weighted by molar-refractivity contribution is 6.76. The number of aliphatic hydroxyl groups excluding tert-OH is 1. The third kappa shape index (κ3) is 6.18. The van der Waals surface area contributed by atoms with Crippen molar-refractivity contribution in [3.63, 3.8) is 0 Å². The molecular weight excluding hydrogens is 116 g/mol. The first-order valence-corrected chi connectivity index (χ1v) is 6.80. The summed E-state index contributed by atoms with van der Waals surface area (Å²) in [5.41, 5.74) is 0. The highest BCUT2D eigenvalue weighted by Crippen LogP contribution is 2.10. The Morgan fingerprint density at radius 3 is 1.75 bits per heavy atom. The van der Waals surface area contributed by atoms with E-state index in [0.717, 1.165) is 6.04 Å². The average Bonchev–Trinajstić information content (AvgIpc) is 1.21. The second-order valence-electron chi connectivity index (χ2n) is 3.61. The molecule has 50 valence electrons. The summed E-state index contributed by atoms with van der Waals surface area (Å²) >= 11 is 0. The Morgan fingerprint density at radius 1 is 1.38 bits per heavy atom. The first kappa shape index (κ1) is 8.18. The van der Waals surface area contributed by atoms with Crippen LogP contribution in [0.3, 0.4) is 0 Å². The second kappa shape index (κ2) is 2.64. The molecule has 2 heteroatoms. The van der Waals surface area contributed by atoms with Crippen molar-refractivity contribution >= 4 is 8.07 Å². The zero-order valence-corrected chi connectivity index (χ0v) is 7.23. The molecule has 0 fully saturated rings. The van der Waals surface area contributed by atoms with Crippen LogP contribution in [-0.4, -0.2) is 19.3 Å². The Balaban J connectivity index is 3.39. The maximum absolute atomic E-state index is 8.92. The molecule has 8 heavy (non-hydrogen) atoms. The van der Waals surface area contributed by atoms with E-state index in [1.165, 1.54) is 0 Å². The Bertz CT molecular complexity index is 63.4. The molecule has 0 amide bonds. The van der Waals surface area contributed by atoms with Crippen LogP contribution in [0.4, 0.5) is 0 Å². The lowest BCUT2D eigenvalue weighted by molar-refractivity contribution is 0.214. The molecule has 0 aromatic carbocycles. The Labute approximate surface area is 52.7 Å². The summed E-state index contributed by atoms with van der Waals surface area (Å²) in [7, 11) is -0.970. The standard InChI is InChI=1S/C6H16OSi/c1-6(7)5-8(2,3)4/h6-7H,5H2,1-4H3/t6-/m1/s1. The van der Waals surface area contributed by atoms with Gasteiger partial charge in [-0.2, -0.15) is 0 Å². The van der Waals surface area contributed by atoms with Crippen molar-refractivity contribution in [3.05, 3.63) is 0 Å². The molecule has 0 aliphatic rings. The predicted octanol–water partition coefficient (Wildman–Crippen LogP) is 1.71. The topological polar surface area (TPSA) is 20.2 Å². The van der Waals surface area contributed by atoms with Gasteiger partial charge in [0.15, 0.2) is 0 Å². The van der Waals surface area contributed by atoms with Gasteiger partial charge in [0.1, 0.15) is 0 Å². The summed E-state index contributed by atoms with van der Waals surface area (Å²) in [4.78, 5) is 0. The van der Waals surface area contributed by atoms with Crippen molar-refractivity contribution in [3.8, 4) is 0 Å². The van der Waals surface area contributed by atoms with Crippen LogP contribution in [0.15, 0.2) is 0 Å². The molecule has 0 radical (unpaired) electrons. The zero-order chi connectivity index (χ0) is 6.78. The van der Waals surface area contributed by atoms with E-state index in [1.807, 2.05) is 6.92 Å². The van der Waals surface area contributed by atoms with E-state index in [4.69, 9.17) is 5.11 Å². The van der Waals surface area contributed by atoms with Crippen LogP contribution in [0, 0.1) is 0 Å². The molecule has 0 heterocycles. The molecule has 0 unspecified atom stereocenters. The monoisotopic (exact) mass is 132 g/mol. The maximum atomic E-state index is 8.92. The fourth-order valence-electron chi connectivity index (χ4n) is 0.886. The van der Waals surface area contributed by atoms with E-state index >= 15 is 0 Å². The molecule has 0 saturated carbocycles. The summed E-state index contributed by atoms with van der Waals surface area (Å²) in [6.07, 6.45) is -0.0957. The van der Waals surface area contributed by atoms with Gasteiger partial charge in [0.2, 0.25) is 0 Å². The Kier molecular flexibility index (Phi) is 2.70. The molecule has 0 aliphatic carbocycles. The van der Waals surface area contributed by atoms with Crippen LogP contribution in [0.25, 0.3) is 0 Å². The summed E-state index contributed by atoms with van der Waals surface area (Å²) in [5, 5.41) is 8.92. The van der Waals surface area contributed by atoms with Crippen molar-refractivity contribution in [1.82, 2.24) is 0 Å². The highest BCUT2D eigenvalue weighted by Gasteiger charge is 2.14. The van der Waals surface area contributed by atoms with Crippen LogP contribution < -0.4 is 0 Å². The van der Waals surface area contributed by atoms with Crippen molar-refractivity contribution in [2.24, 2.45) is 0 Å². The average molecular weight is 132 g/mol. The number of hydrogen-bond donors (Lipinski definition) is 1. The van der Waals surface area contributed by atoms with Gasteiger partial charge in [-0.25, -0.2) is 0 Å². The molecular formula is C6H16OSi. The van der Waals surface area contributed by atoms with Crippen LogP contribution in [0.5, 0.6) is 0 Å². The smallest absolute Gasteiger partial charge is 0.0488 e. The van der Waals surface area contributed by atoms with Gasteiger partial charge < -0.3 is 5.11 Å².